The van der Waals surface area contributed by atoms with Crippen molar-refractivity contribution in [2.24, 2.45) is 5.73 Å². The number of carboxylic acid groups (broad SMARTS) is 1. The summed E-state index contributed by atoms with van der Waals surface area (Å²) < 4.78 is 0. The summed E-state index contributed by atoms with van der Waals surface area (Å²) in [7, 11) is 0. The normalized spacial score (nSPS) is 13.9. The largest absolute Gasteiger partial charge is 0.480 e. The number of carbonyl (C=O) groups is 1. The van der Waals surface area contributed by atoms with Crippen molar-refractivity contribution in [1.29, 1.82) is 0 Å². The van der Waals surface area contributed by atoms with Crippen molar-refractivity contribution in [2.75, 3.05) is 0 Å². The average Bonchev–Trinajstić information content (AvgIpc) is 2.44. The summed E-state index contributed by atoms with van der Waals surface area (Å²) in [5.41, 5.74) is 6.22. The number of hydrogen-bond donors (Lipinski definition) is 2. The molecule has 0 aliphatic carbocycles. The first kappa shape index (κ1) is 12.2. The van der Waals surface area contributed by atoms with Crippen molar-refractivity contribution < 1.29 is 9.90 Å². The first-order valence-corrected chi connectivity index (χ1v) is 5.64. The van der Waals surface area contributed by atoms with Gasteiger partial charge in [-0.25, -0.2) is 0 Å². The fourth-order valence-corrected chi connectivity index (χ4v) is 2.84. The summed E-state index contributed by atoms with van der Waals surface area (Å²) in [4.78, 5) is 13.3. The van der Waals surface area contributed by atoms with Crippen LogP contribution < -0.4 is 5.73 Å². The highest BCUT2D eigenvalue weighted by molar-refractivity contribution is 7.12. The van der Waals surface area contributed by atoms with Gasteiger partial charge in [-0.05, 0) is 25.5 Å². The molecule has 0 spiro atoms. The third kappa shape index (κ3) is 2.21. The van der Waals surface area contributed by atoms with Gasteiger partial charge in [0.2, 0.25) is 0 Å². The highest BCUT2D eigenvalue weighted by atomic mass is 32.1. The minimum absolute atomic E-state index is 0.527. The lowest BCUT2D eigenvalue weighted by molar-refractivity contribution is -0.140. The van der Waals surface area contributed by atoms with Crippen LogP contribution in [0.4, 0.5) is 0 Å². The molecule has 0 radical (unpaired) electrons. The summed E-state index contributed by atoms with van der Waals surface area (Å²) in [6.45, 7) is 7.77. The second-order valence-corrected chi connectivity index (χ2v) is 5.82. The van der Waals surface area contributed by atoms with E-state index in [9.17, 15) is 4.79 Å². The molecule has 1 rings (SSSR count). The van der Waals surface area contributed by atoms with Crippen LogP contribution in [0.15, 0.2) is 6.07 Å². The topological polar surface area (TPSA) is 63.3 Å². The van der Waals surface area contributed by atoms with E-state index in [1.807, 2.05) is 33.8 Å². The highest BCUT2D eigenvalue weighted by Crippen LogP contribution is 2.33. The molecule has 0 aromatic carbocycles. The molecular weight excluding hydrogens is 210 g/mol. The van der Waals surface area contributed by atoms with Gasteiger partial charge in [0.1, 0.15) is 6.04 Å². The van der Waals surface area contributed by atoms with E-state index in [-0.39, 0.29) is 0 Å². The molecule has 1 aromatic rings. The minimum atomic E-state index is -0.955. The van der Waals surface area contributed by atoms with E-state index in [1.54, 1.807) is 11.3 Å². The van der Waals surface area contributed by atoms with Crippen molar-refractivity contribution in [3.63, 3.8) is 0 Å². The van der Waals surface area contributed by atoms with E-state index in [0.717, 1.165) is 10.4 Å². The Kier molecular flexibility index (Phi) is 3.21. The van der Waals surface area contributed by atoms with Gasteiger partial charge in [-0.3, -0.25) is 4.79 Å². The molecule has 4 heteroatoms. The number of thiophene rings is 1. The molecule has 0 bridgehead atoms. The SMILES string of the molecule is Cc1cc(C(C)(C)C(N)C(=O)O)c(C)s1. The minimum Gasteiger partial charge on any atom is -0.480 e. The molecule has 0 fully saturated rings. The Bertz CT molecular complexity index is 382. The molecule has 84 valence electrons. The smallest absolute Gasteiger partial charge is 0.321 e. The predicted octanol–water partition coefficient (Wildman–Crippen LogP) is 2.05. The number of aryl methyl sites for hydroxylation is 2. The maximum Gasteiger partial charge on any atom is 0.321 e. The zero-order valence-electron chi connectivity index (χ0n) is 9.50. The molecule has 1 aromatic heterocycles. The number of carboxylic acids is 1. The Hall–Kier alpha value is -0.870. The third-order valence-corrected chi connectivity index (χ3v) is 3.74. The first-order valence-electron chi connectivity index (χ1n) is 4.82. The van der Waals surface area contributed by atoms with Crippen LogP contribution in [0, 0.1) is 13.8 Å². The van der Waals surface area contributed by atoms with Crippen LogP contribution in [0.1, 0.15) is 29.2 Å². The molecule has 0 amide bonds. The molecular formula is C11H17NO2S. The highest BCUT2D eigenvalue weighted by Gasteiger charge is 2.35. The summed E-state index contributed by atoms with van der Waals surface area (Å²) in [6.07, 6.45) is 0. The average molecular weight is 227 g/mol. The Labute approximate surface area is 93.9 Å². The van der Waals surface area contributed by atoms with Crippen molar-refractivity contribution in [3.8, 4) is 0 Å². The molecule has 15 heavy (non-hydrogen) atoms. The van der Waals surface area contributed by atoms with Gasteiger partial charge in [0.25, 0.3) is 0 Å². The van der Waals surface area contributed by atoms with Gasteiger partial charge in [0, 0.05) is 15.2 Å². The molecule has 1 atom stereocenters. The third-order valence-electron chi connectivity index (χ3n) is 2.78. The monoisotopic (exact) mass is 227 g/mol. The second kappa shape index (κ2) is 3.94. The van der Waals surface area contributed by atoms with Crippen molar-refractivity contribution in [2.45, 2.75) is 39.2 Å². The summed E-state index contributed by atoms with van der Waals surface area (Å²) in [6, 6.07) is 1.16. The Morgan fingerprint density at radius 1 is 1.53 bits per heavy atom. The van der Waals surface area contributed by atoms with E-state index in [4.69, 9.17) is 10.8 Å². The van der Waals surface area contributed by atoms with Crippen molar-refractivity contribution >= 4 is 17.3 Å². The van der Waals surface area contributed by atoms with Crippen LogP contribution in [-0.4, -0.2) is 17.1 Å². The number of rotatable bonds is 3. The number of aliphatic carboxylic acids is 1. The molecule has 3 N–H and O–H groups in total. The van der Waals surface area contributed by atoms with Gasteiger partial charge in [-0.2, -0.15) is 0 Å². The molecule has 1 unspecified atom stereocenters. The predicted molar refractivity (Wildman–Crippen MR) is 62.4 cm³/mol. The Balaban J connectivity index is 3.15. The maximum atomic E-state index is 10.9. The quantitative estimate of drug-likeness (QED) is 0.830. The molecule has 3 nitrogen and oxygen atoms in total. The fourth-order valence-electron chi connectivity index (χ4n) is 1.75. The van der Waals surface area contributed by atoms with Crippen molar-refractivity contribution in [3.05, 3.63) is 21.4 Å². The molecule has 0 aliphatic heterocycles. The van der Waals surface area contributed by atoms with Gasteiger partial charge in [0.05, 0.1) is 0 Å². The van der Waals surface area contributed by atoms with Gasteiger partial charge in [-0.1, -0.05) is 13.8 Å². The fraction of sp³-hybridized carbons (Fsp3) is 0.545. The van der Waals surface area contributed by atoms with Gasteiger partial charge < -0.3 is 10.8 Å². The Morgan fingerprint density at radius 2 is 2.07 bits per heavy atom. The lowest BCUT2D eigenvalue weighted by Crippen LogP contribution is -2.46. The number of hydrogen-bond acceptors (Lipinski definition) is 3. The van der Waals surface area contributed by atoms with E-state index in [2.05, 4.69) is 0 Å². The van der Waals surface area contributed by atoms with E-state index < -0.39 is 17.4 Å². The van der Waals surface area contributed by atoms with Crippen LogP contribution in [0.5, 0.6) is 0 Å². The summed E-state index contributed by atoms with van der Waals surface area (Å²) >= 11 is 1.68. The Morgan fingerprint density at radius 3 is 2.40 bits per heavy atom. The van der Waals surface area contributed by atoms with E-state index in [0.29, 0.717) is 0 Å². The first-order chi connectivity index (χ1) is 6.76. The molecule has 0 saturated carbocycles. The van der Waals surface area contributed by atoms with Gasteiger partial charge in [0.15, 0.2) is 0 Å². The zero-order chi connectivity index (χ0) is 11.8. The van der Waals surface area contributed by atoms with Crippen LogP contribution >= 0.6 is 11.3 Å². The lowest BCUT2D eigenvalue weighted by atomic mass is 9.78. The molecule has 0 aliphatic rings. The van der Waals surface area contributed by atoms with Crippen LogP contribution in [0.2, 0.25) is 0 Å². The van der Waals surface area contributed by atoms with Crippen LogP contribution in [-0.2, 0) is 10.2 Å². The molecule has 1 heterocycles. The summed E-state index contributed by atoms with van der Waals surface area (Å²) in [5, 5.41) is 8.96. The van der Waals surface area contributed by atoms with E-state index >= 15 is 0 Å². The van der Waals surface area contributed by atoms with Crippen LogP contribution in [0.3, 0.4) is 0 Å². The maximum absolute atomic E-state index is 10.9. The van der Waals surface area contributed by atoms with Gasteiger partial charge >= 0.3 is 5.97 Å². The standard InChI is InChI=1S/C11H17NO2S/c1-6-5-8(7(2)15-6)11(3,4)9(12)10(13)14/h5,9H,12H2,1-4H3,(H,13,14). The van der Waals surface area contributed by atoms with E-state index in [1.165, 1.54) is 4.88 Å². The molecule has 0 saturated heterocycles. The second-order valence-electron chi connectivity index (χ2n) is 4.36. The van der Waals surface area contributed by atoms with Crippen LogP contribution in [0.25, 0.3) is 0 Å². The zero-order valence-corrected chi connectivity index (χ0v) is 10.3. The lowest BCUT2D eigenvalue weighted by Gasteiger charge is -2.29. The van der Waals surface area contributed by atoms with Gasteiger partial charge in [-0.15, -0.1) is 11.3 Å². The number of nitrogens with two attached hydrogens (primary N) is 1. The summed E-state index contributed by atoms with van der Waals surface area (Å²) in [5.74, 6) is -0.955. The van der Waals surface area contributed by atoms with Crippen molar-refractivity contribution in [1.82, 2.24) is 0 Å².